The van der Waals surface area contributed by atoms with Crippen molar-refractivity contribution >= 4 is 59.9 Å². The van der Waals surface area contributed by atoms with Crippen molar-refractivity contribution in [2.75, 3.05) is 7.05 Å². The maximum atomic E-state index is 3.68. The summed E-state index contributed by atoms with van der Waals surface area (Å²) in [5, 5.41) is 6.93. The monoisotopic (exact) mass is 457 g/mol. The second-order valence-corrected chi connectivity index (χ2v) is 7.59. The van der Waals surface area contributed by atoms with E-state index in [9.17, 15) is 0 Å². The van der Waals surface area contributed by atoms with E-state index in [-0.39, 0.29) is 6.04 Å². The quantitative estimate of drug-likeness (QED) is 0.506. The predicted octanol–water partition coefficient (Wildman–Crippen LogP) is 5.58. The van der Waals surface area contributed by atoms with Crippen molar-refractivity contribution in [3.8, 4) is 0 Å². The molecule has 0 radical (unpaired) electrons. The number of halogens is 2. The zero-order chi connectivity index (χ0) is 14.1. The molecule has 1 atom stereocenters. The molecule has 3 rings (SSSR count). The molecule has 1 N–H and O–H groups in total. The van der Waals surface area contributed by atoms with Crippen LogP contribution in [0.15, 0.2) is 52.3 Å². The molecule has 0 saturated heterocycles. The van der Waals surface area contributed by atoms with Crippen LogP contribution in [-0.4, -0.2) is 7.05 Å². The highest BCUT2D eigenvalue weighted by Crippen LogP contribution is 2.35. The number of fused-ring (bicyclic) bond motifs is 1. The second kappa shape index (κ2) is 6.13. The molecule has 2 aromatic carbocycles. The topological polar surface area (TPSA) is 12.0 Å². The molecule has 1 heterocycles. The van der Waals surface area contributed by atoms with Gasteiger partial charge in [0.2, 0.25) is 0 Å². The summed E-state index contributed by atoms with van der Waals surface area (Å²) >= 11 is 7.85. The van der Waals surface area contributed by atoms with Crippen LogP contribution in [0.2, 0.25) is 0 Å². The molecule has 0 spiro atoms. The SMILES string of the molecule is CNC(c1cc(I)ccc1Br)c1cccc2ccsc12. The Kier molecular flexibility index (Phi) is 4.45. The lowest BCUT2D eigenvalue weighted by Gasteiger charge is -2.20. The first-order valence-electron chi connectivity index (χ1n) is 6.29. The van der Waals surface area contributed by atoms with Crippen molar-refractivity contribution in [2.24, 2.45) is 0 Å². The third-order valence-electron chi connectivity index (χ3n) is 3.38. The molecule has 0 fully saturated rings. The lowest BCUT2D eigenvalue weighted by molar-refractivity contribution is 0.694. The van der Waals surface area contributed by atoms with Gasteiger partial charge in [-0.05, 0) is 75.8 Å². The van der Waals surface area contributed by atoms with E-state index in [1.807, 2.05) is 7.05 Å². The molecule has 3 aromatic rings. The van der Waals surface area contributed by atoms with Crippen LogP contribution < -0.4 is 5.32 Å². The molecule has 0 aliphatic heterocycles. The first kappa shape index (κ1) is 14.5. The van der Waals surface area contributed by atoms with Gasteiger partial charge in [0, 0.05) is 12.7 Å². The Morgan fingerprint density at radius 2 is 2.00 bits per heavy atom. The van der Waals surface area contributed by atoms with Gasteiger partial charge in [0.15, 0.2) is 0 Å². The molecule has 1 nitrogen and oxygen atoms in total. The van der Waals surface area contributed by atoms with Crippen molar-refractivity contribution in [1.82, 2.24) is 5.32 Å². The van der Waals surface area contributed by atoms with E-state index in [2.05, 4.69) is 91.7 Å². The lowest BCUT2D eigenvalue weighted by Crippen LogP contribution is -2.18. The normalized spacial score (nSPS) is 12.8. The Hall–Kier alpha value is -0.430. The van der Waals surface area contributed by atoms with Crippen LogP contribution in [0.5, 0.6) is 0 Å². The Bertz CT molecular complexity index is 753. The zero-order valence-corrected chi connectivity index (χ0v) is 15.4. The molecule has 102 valence electrons. The van der Waals surface area contributed by atoms with Crippen molar-refractivity contribution in [3.05, 3.63) is 67.0 Å². The minimum Gasteiger partial charge on any atom is -0.309 e. The standard InChI is InChI=1S/C16H13BrINS/c1-19-15(13-9-11(18)5-6-14(13)17)12-4-2-3-10-7-8-20-16(10)12/h2-9,15,19H,1H3. The number of rotatable bonds is 3. The van der Waals surface area contributed by atoms with Crippen molar-refractivity contribution in [2.45, 2.75) is 6.04 Å². The largest absolute Gasteiger partial charge is 0.309 e. The Morgan fingerprint density at radius 3 is 2.80 bits per heavy atom. The van der Waals surface area contributed by atoms with Crippen LogP contribution >= 0.6 is 49.9 Å². The number of benzene rings is 2. The van der Waals surface area contributed by atoms with E-state index in [0.29, 0.717) is 0 Å². The molecule has 20 heavy (non-hydrogen) atoms. The predicted molar refractivity (Wildman–Crippen MR) is 99.6 cm³/mol. The van der Waals surface area contributed by atoms with Crippen molar-refractivity contribution < 1.29 is 0 Å². The van der Waals surface area contributed by atoms with Crippen LogP contribution in [-0.2, 0) is 0 Å². The molecule has 0 aliphatic rings. The summed E-state index contributed by atoms with van der Waals surface area (Å²) in [5.74, 6) is 0. The van der Waals surface area contributed by atoms with E-state index in [0.717, 1.165) is 4.47 Å². The van der Waals surface area contributed by atoms with Gasteiger partial charge in [0.1, 0.15) is 0 Å². The summed E-state index contributed by atoms with van der Waals surface area (Å²) in [5.41, 5.74) is 2.61. The fourth-order valence-corrected chi connectivity index (χ4v) is 4.39. The maximum Gasteiger partial charge on any atom is 0.0600 e. The van der Waals surface area contributed by atoms with Gasteiger partial charge < -0.3 is 5.32 Å². The first-order chi connectivity index (χ1) is 9.70. The van der Waals surface area contributed by atoms with Crippen molar-refractivity contribution in [3.63, 3.8) is 0 Å². The summed E-state index contributed by atoms with van der Waals surface area (Å²) < 4.78 is 3.75. The molecule has 1 aromatic heterocycles. The average Bonchev–Trinajstić information content (AvgIpc) is 2.92. The summed E-state index contributed by atoms with van der Waals surface area (Å²) in [6.07, 6.45) is 0. The van der Waals surface area contributed by atoms with Crippen LogP contribution in [0.1, 0.15) is 17.2 Å². The highest BCUT2D eigenvalue weighted by atomic mass is 127. The summed E-state index contributed by atoms with van der Waals surface area (Å²) in [4.78, 5) is 0. The Labute approximate surface area is 144 Å². The third-order valence-corrected chi connectivity index (χ3v) is 5.75. The van der Waals surface area contributed by atoms with Crippen LogP contribution in [0.25, 0.3) is 10.1 Å². The molecule has 0 saturated carbocycles. The Balaban J connectivity index is 2.19. The number of thiophene rings is 1. The van der Waals surface area contributed by atoms with E-state index < -0.39 is 0 Å². The average molecular weight is 458 g/mol. The summed E-state index contributed by atoms with van der Waals surface area (Å²) in [7, 11) is 2.02. The van der Waals surface area contributed by atoms with Gasteiger partial charge in [-0.15, -0.1) is 11.3 Å². The van der Waals surface area contributed by atoms with Gasteiger partial charge >= 0.3 is 0 Å². The third kappa shape index (κ3) is 2.66. The van der Waals surface area contributed by atoms with E-state index >= 15 is 0 Å². The molecule has 4 heteroatoms. The minimum atomic E-state index is 0.196. The van der Waals surface area contributed by atoms with Gasteiger partial charge in [-0.2, -0.15) is 0 Å². The molecule has 0 bridgehead atoms. The summed E-state index contributed by atoms with van der Waals surface area (Å²) in [6, 6.07) is 15.4. The zero-order valence-electron chi connectivity index (χ0n) is 10.9. The molecule has 0 aliphatic carbocycles. The fourth-order valence-electron chi connectivity index (χ4n) is 2.46. The van der Waals surface area contributed by atoms with Gasteiger partial charge in [0.05, 0.1) is 6.04 Å². The maximum absolute atomic E-state index is 3.68. The van der Waals surface area contributed by atoms with E-state index in [4.69, 9.17) is 0 Å². The van der Waals surface area contributed by atoms with Gasteiger partial charge in [-0.1, -0.05) is 34.1 Å². The first-order valence-corrected chi connectivity index (χ1v) is 9.04. The smallest absolute Gasteiger partial charge is 0.0600 e. The highest BCUT2D eigenvalue weighted by Gasteiger charge is 2.18. The minimum absolute atomic E-state index is 0.196. The number of hydrogen-bond acceptors (Lipinski definition) is 2. The van der Waals surface area contributed by atoms with Crippen LogP contribution in [0.3, 0.4) is 0 Å². The number of hydrogen-bond donors (Lipinski definition) is 1. The molecular formula is C16H13BrINS. The van der Waals surface area contributed by atoms with E-state index in [1.54, 1.807) is 11.3 Å². The Morgan fingerprint density at radius 1 is 1.15 bits per heavy atom. The van der Waals surface area contributed by atoms with Crippen LogP contribution in [0.4, 0.5) is 0 Å². The van der Waals surface area contributed by atoms with Gasteiger partial charge in [0.25, 0.3) is 0 Å². The van der Waals surface area contributed by atoms with Gasteiger partial charge in [-0.25, -0.2) is 0 Å². The lowest BCUT2D eigenvalue weighted by atomic mass is 9.98. The highest BCUT2D eigenvalue weighted by molar-refractivity contribution is 14.1. The van der Waals surface area contributed by atoms with Gasteiger partial charge in [-0.3, -0.25) is 0 Å². The van der Waals surface area contributed by atoms with Crippen LogP contribution in [0, 0.1) is 3.57 Å². The fraction of sp³-hybridized carbons (Fsp3) is 0.125. The molecule has 1 unspecified atom stereocenters. The number of nitrogens with one attached hydrogen (secondary N) is 1. The van der Waals surface area contributed by atoms with Crippen molar-refractivity contribution in [1.29, 1.82) is 0 Å². The van der Waals surface area contributed by atoms with E-state index in [1.165, 1.54) is 24.8 Å². The molecular weight excluding hydrogens is 445 g/mol. The molecule has 0 amide bonds. The second-order valence-electron chi connectivity index (χ2n) is 4.57. The summed E-state index contributed by atoms with van der Waals surface area (Å²) in [6.45, 7) is 0.